The maximum Gasteiger partial charge on any atom is 0.238 e. The van der Waals surface area contributed by atoms with Gasteiger partial charge in [0.05, 0.1) is 22.4 Å². The van der Waals surface area contributed by atoms with E-state index in [-0.39, 0.29) is 0 Å². The lowest BCUT2D eigenvalue weighted by molar-refractivity contribution is 0.953. The Morgan fingerprint density at radius 2 is 0.758 bits per heavy atom. The number of benzene rings is 9. The van der Waals surface area contributed by atoms with Crippen LogP contribution >= 0.6 is 0 Å². The molecule has 3 aromatic heterocycles. The monoisotopic (exact) mass is 844 g/mol. The van der Waals surface area contributed by atoms with Gasteiger partial charge in [-0.15, -0.1) is 0 Å². The molecule has 12 aromatic rings. The highest BCUT2D eigenvalue weighted by molar-refractivity contribution is 6.19. The van der Waals surface area contributed by atoms with Crippen LogP contribution in [-0.4, -0.2) is 34.5 Å². The molecule has 0 saturated heterocycles. The lowest BCUT2D eigenvalue weighted by Crippen LogP contribution is -2.19. The molecule has 13 rings (SSSR count). The van der Waals surface area contributed by atoms with Gasteiger partial charge in [-0.25, -0.2) is 9.97 Å². The van der Waals surface area contributed by atoms with Crippen LogP contribution in [0.15, 0.2) is 218 Å². The molecule has 1 aliphatic heterocycles. The molecule has 0 aliphatic carbocycles. The Balaban J connectivity index is 1.14. The van der Waals surface area contributed by atoms with Crippen LogP contribution < -0.4 is 4.90 Å². The van der Waals surface area contributed by atoms with Gasteiger partial charge in [-0.05, 0) is 52.4 Å². The summed E-state index contributed by atoms with van der Waals surface area (Å²) in [4.78, 5) is 33.6. The molecule has 0 saturated carbocycles. The van der Waals surface area contributed by atoms with E-state index in [1.807, 2.05) is 121 Å². The summed E-state index contributed by atoms with van der Waals surface area (Å²) < 4.78 is 2.19. The van der Waals surface area contributed by atoms with Crippen molar-refractivity contribution in [2.45, 2.75) is 0 Å². The van der Waals surface area contributed by atoms with Crippen molar-refractivity contribution in [3.8, 4) is 73.8 Å². The highest BCUT2D eigenvalue weighted by Gasteiger charge is 2.31. The number of rotatable bonds is 7. The Hall–Kier alpha value is -9.14. The maximum atomic E-state index is 5.31. The molecule has 308 valence electrons. The zero-order valence-corrected chi connectivity index (χ0v) is 35.4. The average Bonchev–Trinajstić information content (AvgIpc) is 3.72. The number of hydrogen-bond acceptors (Lipinski definition) is 7. The van der Waals surface area contributed by atoms with E-state index in [1.165, 1.54) is 0 Å². The molecule has 0 radical (unpaired) electrons. The molecule has 1 aliphatic rings. The minimum atomic E-state index is 0.511. The smallest absolute Gasteiger partial charge is 0.238 e. The van der Waals surface area contributed by atoms with Crippen molar-refractivity contribution in [1.82, 2.24) is 34.5 Å². The van der Waals surface area contributed by atoms with Gasteiger partial charge in [0.25, 0.3) is 0 Å². The summed E-state index contributed by atoms with van der Waals surface area (Å²) in [5.74, 6) is 3.37. The van der Waals surface area contributed by atoms with Crippen molar-refractivity contribution >= 4 is 49.9 Å². The third kappa shape index (κ3) is 6.23. The van der Waals surface area contributed by atoms with Gasteiger partial charge in [-0.3, -0.25) is 9.47 Å². The van der Waals surface area contributed by atoms with E-state index in [0.717, 1.165) is 88.5 Å². The van der Waals surface area contributed by atoms with Gasteiger partial charge >= 0.3 is 0 Å². The molecule has 0 bridgehead atoms. The van der Waals surface area contributed by atoms with Crippen molar-refractivity contribution in [3.05, 3.63) is 218 Å². The van der Waals surface area contributed by atoms with Crippen molar-refractivity contribution in [1.29, 1.82) is 0 Å². The molecule has 0 N–H and O–H groups in total. The molecule has 0 atom stereocenters. The molecule has 0 spiro atoms. The molecule has 0 unspecified atom stereocenters. The van der Waals surface area contributed by atoms with Crippen molar-refractivity contribution < 1.29 is 0 Å². The number of aromatic nitrogens is 7. The van der Waals surface area contributed by atoms with E-state index in [2.05, 4.69) is 107 Å². The second kappa shape index (κ2) is 15.3. The SMILES string of the molecule is c1ccc(-c2ccc3c(c2)c2cc4c(cc2n3-c2nc(-c3ccccc3)nc(-c3ccccc3)n2)N(c2nc(-c3ccccc3)nc(-c3ccccc3)n2)c2cccc3cccc-4c23)cc1. The van der Waals surface area contributed by atoms with E-state index in [4.69, 9.17) is 29.9 Å². The van der Waals surface area contributed by atoms with Crippen LogP contribution in [0.25, 0.3) is 106 Å². The standard InChI is InChI=1S/C58H36N8/c1-6-18-37(19-7-1)43-32-33-48-45(34-43)47-35-46-44-30-16-28-38-29-17-31-49(52(38)44)66(58-63-55(41-24-12-4-13-25-41)60-56(64-58)42-26-14-5-15-27-42)50(46)36-51(47)65(48)57-61-53(39-20-8-2-9-21-39)59-54(62-57)40-22-10-3-11-23-40/h1-36H. The van der Waals surface area contributed by atoms with Crippen molar-refractivity contribution in [3.63, 3.8) is 0 Å². The molecule has 0 fully saturated rings. The Morgan fingerprint density at radius 1 is 0.288 bits per heavy atom. The van der Waals surface area contributed by atoms with E-state index in [1.54, 1.807) is 0 Å². The van der Waals surface area contributed by atoms with Crippen molar-refractivity contribution in [2.75, 3.05) is 4.90 Å². The van der Waals surface area contributed by atoms with Crippen LogP contribution in [-0.2, 0) is 0 Å². The summed E-state index contributed by atoms with van der Waals surface area (Å²) in [6, 6.07) is 75.3. The molecule has 8 nitrogen and oxygen atoms in total. The molecule has 8 heteroatoms. The number of hydrogen-bond donors (Lipinski definition) is 0. The van der Waals surface area contributed by atoms with Crippen LogP contribution in [0.5, 0.6) is 0 Å². The molecular formula is C58H36N8. The van der Waals surface area contributed by atoms with E-state index in [0.29, 0.717) is 35.2 Å². The summed E-state index contributed by atoms with van der Waals surface area (Å²) in [6.45, 7) is 0. The van der Waals surface area contributed by atoms with Crippen molar-refractivity contribution in [2.24, 2.45) is 0 Å². The fraction of sp³-hybridized carbons (Fsp3) is 0. The zero-order valence-electron chi connectivity index (χ0n) is 35.4. The first-order valence-corrected chi connectivity index (χ1v) is 22.0. The summed E-state index contributed by atoms with van der Waals surface area (Å²) >= 11 is 0. The minimum Gasteiger partial charge on any atom is -0.278 e. The van der Waals surface area contributed by atoms with E-state index in [9.17, 15) is 0 Å². The number of fused-ring (bicyclic) bond motifs is 5. The number of nitrogens with zero attached hydrogens (tertiary/aromatic N) is 8. The Kier molecular flexibility index (Phi) is 8.67. The van der Waals surface area contributed by atoms with Gasteiger partial charge < -0.3 is 0 Å². The van der Waals surface area contributed by atoms with Gasteiger partial charge in [0.15, 0.2) is 23.3 Å². The first-order chi connectivity index (χ1) is 32.7. The summed E-state index contributed by atoms with van der Waals surface area (Å²) in [5, 5.41) is 4.39. The Labute approximate surface area is 379 Å². The van der Waals surface area contributed by atoms with Gasteiger partial charge in [0.2, 0.25) is 11.9 Å². The van der Waals surface area contributed by atoms with Crippen LogP contribution in [0.3, 0.4) is 0 Å². The van der Waals surface area contributed by atoms with Crippen LogP contribution in [0.4, 0.5) is 17.3 Å². The minimum absolute atomic E-state index is 0.511. The van der Waals surface area contributed by atoms with Gasteiger partial charge in [-0.1, -0.05) is 188 Å². The first-order valence-electron chi connectivity index (χ1n) is 22.0. The summed E-state index contributed by atoms with van der Waals surface area (Å²) in [6.07, 6.45) is 0. The fourth-order valence-corrected chi connectivity index (χ4v) is 9.35. The highest BCUT2D eigenvalue weighted by Crippen LogP contribution is 2.52. The molecule has 0 amide bonds. The topological polar surface area (TPSA) is 85.5 Å². The lowest BCUT2D eigenvalue weighted by atomic mass is 9.90. The maximum absolute atomic E-state index is 5.31. The van der Waals surface area contributed by atoms with E-state index < -0.39 is 0 Å². The van der Waals surface area contributed by atoms with Gasteiger partial charge in [-0.2, -0.15) is 19.9 Å². The molecular weight excluding hydrogens is 809 g/mol. The van der Waals surface area contributed by atoms with Crippen LogP contribution in [0, 0.1) is 0 Å². The Morgan fingerprint density at radius 3 is 1.29 bits per heavy atom. The largest absolute Gasteiger partial charge is 0.278 e. The Bertz CT molecular complexity index is 3680. The normalized spacial score (nSPS) is 11.9. The molecule has 66 heavy (non-hydrogen) atoms. The van der Waals surface area contributed by atoms with Crippen LogP contribution in [0.1, 0.15) is 0 Å². The highest BCUT2D eigenvalue weighted by atomic mass is 15.3. The summed E-state index contributed by atoms with van der Waals surface area (Å²) in [7, 11) is 0. The summed E-state index contributed by atoms with van der Waals surface area (Å²) in [5.41, 5.74) is 11.8. The van der Waals surface area contributed by atoms with Crippen LogP contribution in [0.2, 0.25) is 0 Å². The van der Waals surface area contributed by atoms with E-state index >= 15 is 0 Å². The first kappa shape index (κ1) is 37.4. The predicted molar refractivity (Wildman–Crippen MR) is 266 cm³/mol. The second-order valence-corrected chi connectivity index (χ2v) is 16.4. The number of anilines is 3. The third-order valence-electron chi connectivity index (χ3n) is 12.4. The zero-order chi connectivity index (χ0) is 43.6. The third-order valence-corrected chi connectivity index (χ3v) is 12.4. The average molecular weight is 845 g/mol. The fourth-order valence-electron chi connectivity index (χ4n) is 9.35. The predicted octanol–water partition coefficient (Wildman–Crippen LogP) is 14.1. The second-order valence-electron chi connectivity index (χ2n) is 16.4. The molecule has 4 heterocycles. The lowest BCUT2D eigenvalue weighted by Gasteiger charge is -2.32. The quantitative estimate of drug-likeness (QED) is 0.158. The van der Waals surface area contributed by atoms with Gasteiger partial charge in [0.1, 0.15) is 0 Å². The van der Waals surface area contributed by atoms with Gasteiger partial charge in [0, 0.05) is 44.0 Å². The molecule has 9 aromatic carbocycles.